The van der Waals surface area contributed by atoms with Gasteiger partial charge >= 0.3 is 0 Å². The molecule has 0 unspecified atom stereocenters. The second-order valence-electron chi connectivity index (χ2n) is 8.09. The first-order valence-corrected chi connectivity index (χ1v) is 12.5. The van der Waals surface area contributed by atoms with Crippen LogP contribution in [0.1, 0.15) is 22.4 Å². The van der Waals surface area contributed by atoms with Crippen LogP contribution in [-0.4, -0.2) is 37.0 Å². The fourth-order valence-electron chi connectivity index (χ4n) is 3.92. The number of aromatic amines is 1. The predicted octanol–water partition coefficient (Wildman–Crippen LogP) is 4.16. The Morgan fingerprint density at radius 2 is 1.76 bits per heavy atom. The van der Waals surface area contributed by atoms with Crippen molar-refractivity contribution < 1.29 is 12.8 Å². The second-order valence-corrected chi connectivity index (χ2v) is 10.0. The van der Waals surface area contributed by atoms with Crippen LogP contribution < -0.4 is 15.4 Å². The third-order valence-corrected chi connectivity index (χ3v) is 7.01. The largest absolute Gasteiger partial charge is 0.370 e. The van der Waals surface area contributed by atoms with Gasteiger partial charge < -0.3 is 15.6 Å². The van der Waals surface area contributed by atoms with E-state index < -0.39 is 10.0 Å². The molecule has 34 heavy (non-hydrogen) atoms. The molecule has 2 aromatic carbocycles. The molecule has 0 aliphatic rings. The minimum Gasteiger partial charge on any atom is -0.370 e. The van der Waals surface area contributed by atoms with E-state index in [1.165, 1.54) is 19.4 Å². The highest BCUT2D eigenvalue weighted by Gasteiger charge is 2.14. The van der Waals surface area contributed by atoms with Gasteiger partial charge in [-0.25, -0.2) is 27.5 Å². The van der Waals surface area contributed by atoms with Crippen LogP contribution in [0.5, 0.6) is 0 Å². The lowest BCUT2D eigenvalue weighted by molar-refractivity contribution is 0.587. The number of nitrogens with zero attached hydrogens (tertiary/aromatic N) is 2. The molecule has 0 bridgehead atoms. The quantitative estimate of drug-likeness (QED) is 0.285. The minimum atomic E-state index is -3.31. The summed E-state index contributed by atoms with van der Waals surface area (Å²) >= 11 is 0. The van der Waals surface area contributed by atoms with Crippen molar-refractivity contribution >= 4 is 38.2 Å². The van der Waals surface area contributed by atoms with Crippen molar-refractivity contribution in [3.63, 3.8) is 0 Å². The van der Waals surface area contributed by atoms with Crippen LogP contribution in [0.2, 0.25) is 0 Å². The fraction of sp³-hybridized carbons (Fsp3) is 0.250. The van der Waals surface area contributed by atoms with Crippen molar-refractivity contribution in [3.05, 3.63) is 77.0 Å². The van der Waals surface area contributed by atoms with Crippen LogP contribution in [0.4, 0.5) is 21.7 Å². The Kier molecular flexibility index (Phi) is 6.80. The van der Waals surface area contributed by atoms with Crippen molar-refractivity contribution in [2.75, 3.05) is 24.2 Å². The number of halogens is 1. The lowest BCUT2D eigenvalue weighted by Crippen LogP contribution is -2.20. The standard InChI is InChI=1S/C24H27FN6O2S/c1-15-4-9-20(25)24-23(15)19(16(2)30-24)10-11-27-21-12-22(29-14-28-21)31-18-7-5-17(6-8-18)13-34(32,33)26-3/h4-9,12,14,26,30H,10-11,13H2,1-3H3,(H2,27,28,29,31). The molecule has 0 aliphatic heterocycles. The second kappa shape index (κ2) is 9.78. The van der Waals surface area contributed by atoms with E-state index in [1.54, 1.807) is 36.4 Å². The Hall–Kier alpha value is -3.50. The molecule has 178 valence electrons. The average molecular weight is 483 g/mol. The molecule has 0 radical (unpaired) electrons. The molecule has 0 saturated carbocycles. The third kappa shape index (κ3) is 5.35. The number of rotatable bonds is 9. The highest BCUT2D eigenvalue weighted by molar-refractivity contribution is 7.88. The van der Waals surface area contributed by atoms with Crippen molar-refractivity contribution in [1.82, 2.24) is 19.7 Å². The van der Waals surface area contributed by atoms with Crippen molar-refractivity contribution in [1.29, 1.82) is 0 Å². The van der Waals surface area contributed by atoms with Crippen LogP contribution in [0, 0.1) is 19.7 Å². The summed E-state index contributed by atoms with van der Waals surface area (Å²) in [6, 6.07) is 12.2. The van der Waals surface area contributed by atoms with E-state index in [0.717, 1.165) is 27.9 Å². The molecular formula is C24H27FN6O2S. The summed E-state index contributed by atoms with van der Waals surface area (Å²) in [6.07, 6.45) is 2.18. The number of benzene rings is 2. The molecule has 4 rings (SSSR count). The number of hydrogen-bond acceptors (Lipinski definition) is 6. The summed E-state index contributed by atoms with van der Waals surface area (Å²) < 4.78 is 39.9. The van der Waals surface area contributed by atoms with E-state index in [-0.39, 0.29) is 11.6 Å². The molecule has 2 aromatic heterocycles. The normalized spacial score (nSPS) is 11.6. The highest BCUT2D eigenvalue weighted by Crippen LogP contribution is 2.28. The van der Waals surface area contributed by atoms with Crippen molar-refractivity contribution in [2.45, 2.75) is 26.0 Å². The summed E-state index contributed by atoms with van der Waals surface area (Å²) in [6.45, 7) is 4.57. The summed E-state index contributed by atoms with van der Waals surface area (Å²) in [5.74, 6) is 0.947. The first-order valence-electron chi connectivity index (χ1n) is 10.8. The number of sulfonamides is 1. The van der Waals surface area contributed by atoms with Gasteiger partial charge in [0.25, 0.3) is 0 Å². The van der Waals surface area contributed by atoms with Crippen LogP contribution >= 0.6 is 0 Å². The minimum absolute atomic E-state index is 0.0760. The number of hydrogen-bond donors (Lipinski definition) is 4. The third-order valence-electron chi connectivity index (χ3n) is 5.67. The lowest BCUT2D eigenvalue weighted by Gasteiger charge is -2.10. The van der Waals surface area contributed by atoms with E-state index in [4.69, 9.17) is 0 Å². The Bertz CT molecular complexity index is 1420. The number of aryl methyl sites for hydroxylation is 2. The number of nitrogens with one attached hydrogen (secondary N) is 4. The number of aromatic nitrogens is 3. The smallest absolute Gasteiger partial charge is 0.215 e. The van der Waals surface area contributed by atoms with E-state index in [1.807, 2.05) is 13.8 Å². The van der Waals surface area contributed by atoms with Gasteiger partial charge in [-0.05, 0) is 62.2 Å². The van der Waals surface area contributed by atoms with Crippen LogP contribution in [-0.2, 0) is 22.2 Å². The monoisotopic (exact) mass is 482 g/mol. The van der Waals surface area contributed by atoms with Gasteiger partial charge in [0.15, 0.2) is 0 Å². The first kappa shape index (κ1) is 23.7. The summed E-state index contributed by atoms with van der Waals surface area (Å²) in [5.41, 5.74) is 5.11. The molecule has 0 saturated heterocycles. The summed E-state index contributed by atoms with van der Waals surface area (Å²) in [7, 11) is -1.92. The van der Waals surface area contributed by atoms with Crippen LogP contribution in [0.3, 0.4) is 0 Å². The molecule has 8 nitrogen and oxygen atoms in total. The highest BCUT2D eigenvalue weighted by atomic mass is 32.2. The molecule has 0 fully saturated rings. The maximum absolute atomic E-state index is 14.2. The van der Waals surface area contributed by atoms with Crippen molar-refractivity contribution in [3.8, 4) is 0 Å². The van der Waals surface area contributed by atoms with E-state index in [9.17, 15) is 12.8 Å². The van der Waals surface area contributed by atoms with Gasteiger partial charge in [0.1, 0.15) is 23.8 Å². The molecule has 4 aromatic rings. The number of H-pyrrole nitrogens is 1. The Morgan fingerprint density at radius 1 is 1.03 bits per heavy atom. The van der Waals surface area contributed by atoms with Gasteiger partial charge in [0, 0.05) is 29.4 Å². The Labute approximate surface area is 198 Å². The zero-order valence-corrected chi connectivity index (χ0v) is 20.1. The van der Waals surface area contributed by atoms with Gasteiger partial charge in [-0.1, -0.05) is 18.2 Å². The molecule has 0 atom stereocenters. The van der Waals surface area contributed by atoms with Gasteiger partial charge in [0.05, 0.1) is 11.3 Å². The average Bonchev–Trinajstić information content (AvgIpc) is 3.15. The van der Waals surface area contributed by atoms with E-state index >= 15 is 0 Å². The van der Waals surface area contributed by atoms with Gasteiger partial charge in [-0.3, -0.25) is 0 Å². The topological polar surface area (TPSA) is 112 Å². The zero-order valence-electron chi connectivity index (χ0n) is 19.2. The molecule has 0 spiro atoms. The predicted molar refractivity (Wildman–Crippen MR) is 133 cm³/mol. The maximum Gasteiger partial charge on any atom is 0.215 e. The Balaban J connectivity index is 1.40. The van der Waals surface area contributed by atoms with E-state index in [2.05, 4.69) is 30.3 Å². The lowest BCUT2D eigenvalue weighted by atomic mass is 10.0. The SMILES string of the molecule is CNS(=O)(=O)Cc1ccc(Nc2cc(NCCc3c(C)[nH]c4c(F)ccc(C)c34)ncn2)cc1. The van der Waals surface area contributed by atoms with Crippen molar-refractivity contribution in [2.24, 2.45) is 0 Å². The number of fused-ring (bicyclic) bond motifs is 1. The van der Waals surface area contributed by atoms with Crippen LogP contribution in [0.25, 0.3) is 10.9 Å². The summed E-state index contributed by atoms with van der Waals surface area (Å²) in [4.78, 5) is 11.7. The molecule has 2 heterocycles. The van der Waals surface area contributed by atoms with Gasteiger partial charge in [-0.2, -0.15) is 0 Å². The molecular weight excluding hydrogens is 455 g/mol. The van der Waals surface area contributed by atoms with E-state index in [0.29, 0.717) is 35.7 Å². The number of anilines is 3. The molecule has 4 N–H and O–H groups in total. The maximum atomic E-state index is 14.2. The Morgan fingerprint density at radius 3 is 2.50 bits per heavy atom. The fourth-order valence-corrected chi connectivity index (χ4v) is 4.69. The zero-order chi connectivity index (χ0) is 24.3. The molecule has 0 amide bonds. The van der Waals surface area contributed by atoms with Crippen LogP contribution in [0.15, 0.2) is 48.8 Å². The molecule has 10 heteroatoms. The van der Waals surface area contributed by atoms with Gasteiger partial charge in [-0.15, -0.1) is 0 Å². The molecule has 0 aliphatic carbocycles. The summed E-state index contributed by atoms with van der Waals surface area (Å²) in [5, 5.41) is 7.44. The first-order chi connectivity index (χ1) is 16.3. The van der Waals surface area contributed by atoms with Gasteiger partial charge in [0.2, 0.25) is 10.0 Å².